The molecule has 1 aliphatic rings. The highest BCUT2D eigenvalue weighted by Crippen LogP contribution is 2.39. The third kappa shape index (κ3) is 3.61. The van der Waals surface area contributed by atoms with Crippen molar-refractivity contribution in [3.8, 4) is 17.2 Å². The quantitative estimate of drug-likeness (QED) is 0.723. The highest BCUT2D eigenvalue weighted by atomic mass is 35.5. The molecule has 2 aromatic carbocycles. The maximum absolute atomic E-state index is 12.9. The molecular formula is C20H19ClN2O4. The molecule has 0 saturated carbocycles. The van der Waals surface area contributed by atoms with Gasteiger partial charge in [0, 0.05) is 5.02 Å². The second-order valence-electron chi connectivity index (χ2n) is 5.80. The summed E-state index contributed by atoms with van der Waals surface area (Å²) in [4.78, 5) is 12.9. The van der Waals surface area contributed by atoms with Crippen LogP contribution in [-0.4, -0.2) is 32.9 Å². The van der Waals surface area contributed by atoms with Crippen molar-refractivity contribution in [3.63, 3.8) is 0 Å². The number of hydrogen-bond donors (Lipinski definition) is 0. The van der Waals surface area contributed by atoms with Crippen LogP contribution in [-0.2, 0) is 4.79 Å². The largest absolute Gasteiger partial charge is 0.493 e. The molecule has 1 aliphatic heterocycles. The van der Waals surface area contributed by atoms with Gasteiger partial charge in [-0.1, -0.05) is 17.7 Å². The average Bonchev–Trinajstić information content (AvgIpc) is 2.95. The van der Waals surface area contributed by atoms with Gasteiger partial charge in [-0.2, -0.15) is 10.1 Å². The lowest BCUT2D eigenvalue weighted by atomic mass is 10.1. The molecule has 140 valence electrons. The first-order valence-electron chi connectivity index (χ1n) is 8.15. The Labute approximate surface area is 162 Å². The Hall–Kier alpha value is -2.99. The van der Waals surface area contributed by atoms with E-state index in [9.17, 15) is 4.79 Å². The number of amides is 1. The van der Waals surface area contributed by atoms with Gasteiger partial charge in [0.15, 0.2) is 11.5 Å². The fourth-order valence-electron chi connectivity index (χ4n) is 2.82. The second-order valence-corrected chi connectivity index (χ2v) is 6.24. The number of methoxy groups -OCH3 is 3. The average molecular weight is 387 g/mol. The summed E-state index contributed by atoms with van der Waals surface area (Å²) < 4.78 is 16.1. The van der Waals surface area contributed by atoms with E-state index in [0.29, 0.717) is 39.2 Å². The molecule has 0 aromatic heterocycles. The van der Waals surface area contributed by atoms with E-state index in [1.165, 1.54) is 5.01 Å². The van der Waals surface area contributed by atoms with Crippen molar-refractivity contribution in [1.82, 2.24) is 0 Å². The lowest BCUT2D eigenvalue weighted by molar-refractivity contribution is -0.114. The molecule has 0 saturated heterocycles. The van der Waals surface area contributed by atoms with E-state index in [2.05, 4.69) is 5.10 Å². The Balaban J connectivity index is 2.01. The minimum Gasteiger partial charge on any atom is -0.493 e. The van der Waals surface area contributed by atoms with E-state index < -0.39 is 0 Å². The monoisotopic (exact) mass is 386 g/mol. The van der Waals surface area contributed by atoms with Crippen LogP contribution in [0.1, 0.15) is 12.5 Å². The molecule has 0 fully saturated rings. The molecule has 3 rings (SSSR count). The van der Waals surface area contributed by atoms with Crippen molar-refractivity contribution in [2.75, 3.05) is 26.3 Å². The second kappa shape index (κ2) is 7.72. The van der Waals surface area contributed by atoms with Crippen LogP contribution < -0.4 is 19.2 Å². The lowest BCUT2D eigenvalue weighted by Gasteiger charge is -2.13. The first-order chi connectivity index (χ1) is 13.0. The molecule has 6 nitrogen and oxygen atoms in total. The van der Waals surface area contributed by atoms with Crippen molar-refractivity contribution < 1.29 is 19.0 Å². The van der Waals surface area contributed by atoms with Gasteiger partial charge in [-0.15, -0.1) is 0 Å². The maximum atomic E-state index is 12.9. The number of carbonyl (C=O) groups excluding carboxylic acids is 1. The molecule has 0 aliphatic carbocycles. The molecule has 0 unspecified atom stereocenters. The normalized spacial score (nSPS) is 15.1. The summed E-state index contributed by atoms with van der Waals surface area (Å²) in [5.41, 5.74) is 2.42. The summed E-state index contributed by atoms with van der Waals surface area (Å²) in [5, 5.41) is 6.24. The SMILES string of the molecule is COc1cc(/C=C2/C(=O)N(c3cccc(Cl)c3)N=C2C)cc(OC)c1OC. The lowest BCUT2D eigenvalue weighted by Crippen LogP contribution is -2.21. The molecule has 1 amide bonds. The third-order valence-electron chi connectivity index (χ3n) is 4.11. The predicted octanol–water partition coefficient (Wildman–Crippen LogP) is 4.17. The van der Waals surface area contributed by atoms with Crippen molar-refractivity contribution in [3.05, 3.63) is 52.6 Å². The van der Waals surface area contributed by atoms with Gasteiger partial charge in [-0.25, -0.2) is 0 Å². The molecule has 2 aromatic rings. The van der Waals surface area contributed by atoms with Gasteiger partial charge in [0.2, 0.25) is 5.75 Å². The first kappa shape index (κ1) is 18.8. The Morgan fingerprint density at radius 3 is 2.26 bits per heavy atom. The smallest absolute Gasteiger partial charge is 0.280 e. The number of halogens is 1. The zero-order chi connectivity index (χ0) is 19.6. The topological polar surface area (TPSA) is 60.4 Å². The summed E-state index contributed by atoms with van der Waals surface area (Å²) in [7, 11) is 4.63. The zero-order valence-electron chi connectivity index (χ0n) is 15.4. The Kier molecular flexibility index (Phi) is 5.37. The van der Waals surface area contributed by atoms with Gasteiger partial charge in [-0.05, 0) is 48.9 Å². The number of hydrazone groups is 1. The maximum Gasteiger partial charge on any atom is 0.280 e. The molecule has 7 heteroatoms. The summed E-state index contributed by atoms with van der Waals surface area (Å²) in [6.07, 6.45) is 1.75. The van der Waals surface area contributed by atoms with E-state index in [-0.39, 0.29) is 5.91 Å². The van der Waals surface area contributed by atoms with Crippen molar-refractivity contribution in [2.45, 2.75) is 6.92 Å². The van der Waals surface area contributed by atoms with Crippen molar-refractivity contribution in [2.24, 2.45) is 5.10 Å². The zero-order valence-corrected chi connectivity index (χ0v) is 16.2. The molecule has 0 bridgehead atoms. The molecule has 0 N–H and O–H groups in total. The Morgan fingerprint density at radius 2 is 1.70 bits per heavy atom. The van der Waals surface area contributed by atoms with Crippen LogP contribution in [0.5, 0.6) is 17.2 Å². The minimum absolute atomic E-state index is 0.233. The standard InChI is InChI=1S/C20H19ClN2O4/c1-12-16(20(24)23(22-12)15-7-5-6-14(21)11-15)8-13-9-17(25-2)19(27-4)18(10-13)26-3/h5-11H,1-4H3/b16-8+. The number of carbonyl (C=O) groups is 1. The van der Waals surface area contributed by atoms with Crippen LogP contribution >= 0.6 is 11.6 Å². The molecule has 0 radical (unpaired) electrons. The van der Waals surface area contributed by atoms with Gasteiger partial charge in [0.25, 0.3) is 5.91 Å². The highest BCUT2D eigenvalue weighted by molar-refractivity contribution is 6.33. The van der Waals surface area contributed by atoms with E-state index in [1.807, 2.05) is 0 Å². The summed E-state index contributed by atoms with van der Waals surface area (Å²) in [6.45, 7) is 1.78. The van der Waals surface area contributed by atoms with Gasteiger partial charge in [0.05, 0.1) is 38.3 Å². The highest BCUT2D eigenvalue weighted by Gasteiger charge is 2.29. The van der Waals surface area contributed by atoms with Crippen LogP contribution in [0.3, 0.4) is 0 Å². The predicted molar refractivity (Wildman–Crippen MR) is 106 cm³/mol. The summed E-state index contributed by atoms with van der Waals surface area (Å²) >= 11 is 6.03. The van der Waals surface area contributed by atoms with Crippen LogP contribution in [0.25, 0.3) is 6.08 Å². The molecule has 0 spiro atoms. The van der Waals surface area contributed by atoms with Crippen molar-refractivity contribution in [1.29, 1.82) is 0 Å². The molecule has 1 heterocycles. The van der Waals surface area contributed by atoms with Crippen LogP contribution in [0.15, 0.2) is 47.1 Å². The van der Waals surface area contributed by atoms with Crippen LogP contribution in [0, 0.1) is 0 Å². The van der Waals surface area contributed by atoms with Crippen LogP contribution in [0.4, 0.5) is 5.69 Å². The number of nitrogens with zero attached hydrogens (tertiary/aromatic N) is 2. The first-order valence-corrected chi connectivity index (χ1v) is 8.53. The van der Waals surface area contributed by atoms with Gasteiger partial charge in [0.1, 0.15) is 0 Å². The fourth-order valence-corrected chi connectivity index (χ4v) is 3.00. The summed E-state index contributed by atoms with van der Waals surface area (Å²) in [6, 6.07) is 10.5. The molecule has 0 atom stereocenters. The fraction of sp³-hybridized carbons (Fsp3) is 0.200. The molecule has 27 heavy (non-hydrogen) atoms. The number of anilines is 1. The molecular weight excluding hydrogens is 368 g/mol. The third-order valence-corrected chi connectivity index (χ3v) is 4.35. The number of benzene rings is 2. The van der Waals surface area contributed by atoms with Gasteiger partial charge >= 0.3 is 0 Å². The number of rotatable bonds is 5. The van der Waals surface area contributed by atoms with E-state index in [1.54, 1.807) is 70.7 Å². The Bertz CT molecular complexity index is 928. The number of hydrogen-bond acceptors (Lipinski definition) is 5. The van der Waals surface area contributed by atoms with Gasteiger partial charge < -0.3 is 14.2 Å². The van der Waals surface area contributed by atoms with E-state index in [4.69, 9.17) is 25.8 Å². The van der Waals surface area contributed by atoms with Gasteiger partial charge in [-0.3, -0.25) is 4.79 Å². The summed E-state index contributed by atoms with van der Waals surface area (Å²) in [5.74, 6) is 1.28. The van der Waals surface area contributed by atoms with E-state index in [0.717, 1.165) is 5.56 Å². The van der Waals surface area contributed by atoms with Crippen LogP contribution in [0.2, 0.25) is 5.02 Å². The van der Waals surface area contributed by atoms with Crippen molar-refractivity contribution >= 4 is 35.0 Å². The van der Waals surface area contributed by atoms with E-state index >= 15 is 0 Å². The Morgan fingerprint density at radius 1 is 1.04 bits per heavy atom. The number of ether oxygens (including phenoxy) is 3. The minimum atomic E-state index is -0.233.